The van der Waals surface area contributed by atoms with E-state index in [1.165, 1.54) is 36.1 Å². The molecule has 1 atom stereocenters. The van der Waals surface area contributed by atoms with Crippen LogP contribution in [-0.4, -0.2) is 35.7 Å². The Kier molecular flexibility index (Phi) is 7.20. The number of nitro benzene ring substituents is 1. The highest BCUT2D eigenvalue weighted by Crippen LogP contribution is 2.27. The lowest BCUT2D eigenvalue weighted by Crippen LogP contribution is -2.37. The van der Waals surface area contributed by atoms with Gasteiger partial charge >= 0.3 is 5.97 Å². The van der Waals surface area contributed by atoms with Crippen molar-refractivity contribution in [1.82, 2.24) is 0 Å². The predicted molar refractivity (Wildman–Crippen MR) is 123 cm³/mol. The predicted octanol–water partition coefficient (Wildman–Crippen LogP) is 4.69. The molecule has 0 saturated carbocycles. The van der Waals surface area contributed by atoms with Crippen LogP contribution in [0.5, 0.6) is 0 Å². The fraction of sp³-hybridized carbons (Fsp3) is 0.125. The molecule has 3 aromatic carbocycles. The molecule has 0 aliphatic heterocycles. The smallest absolute Gasteiger partial charge is 0.339 e. The number of hydrogen-bond donors (Lipinski definition) is 0. The van der Waals surface area contributed by atoms with Crippen molar-refractivity contribution < 1.29 is 24.0 Å². The number of likely N-dealkylation sites (N-methyl/N-ethyl adjacent to an activating group) is 1. The van der Waals surface area contributed by atoms with Crippen LogP contribution in [-0.2, 0) is 9.53 Å². The number of carbonyl (C=O) groups is 3. The first-order valence-electron chi connectivity index (χ1n) is 9.82. The molecule has 33 heavy (non-hydrogen) atoms. The van der Waals surface area contributed by atoms with Crippen LogP contribution >= 0.6 is 11.6 Å². The van der Waals surface area contributed by atoms with Crippen LogP contribution in [0.1, 0.15) is 33.2 Å². The van der Waals surface area contributed by atoms with E-state index in [1.807, 2.05) is 6.07 Å². The summed E-state index contributed by atoms with van der Waals surface area (Å²) in [5.41, 5.74) is 0.104. The highest BCUT2D eigenvalue weighted by molar-refractivity contribution is 6.33. The van der Waals surface area contributed by atoms with Crippen molar-refractivity contribution >= 4 is 40.6 Å². The molecule has 8 nitrogen and oxygen atoms in total. The summed E-state index contributed by atoms with van der Waals surface area (Å²) in [5.74, 6) is -1.95. The van der Waals surface area contributed by atoms with Crippen molar-refractivity contribution in [2.45, 2.75) is 13.0 Å². The summed E-state index contributed by atoms with van der Waals surface area (Å²) in [4.78, 5) is 50.4. The number of carbonyl (C=O) groups excluding carboxylic acids is 3. The van der Waals surface area contributed by atoms with Gasteiger partial charge in [-0.1, -0.05) is 48.0 Å². The molecule has 1 amide bonds. The molecule has 0 heterocycles. The summed E-state index contributed by atoms with van der Waals surface area (Å²) >= 11 is 5.82. The molecule has 0 aliphatic carbocycles. The number of ether oxygens (including phenoxy) is 1. The van der Waals surface area contributed by atoms with E-state index in [0.717, 1.165) is 6.07 Å². The number of nitro groups is 1. The second-order valence-electron chi connectivity index (χ2n) is 7.08. The Bertz CT molecular complexity index is 1230. The van der Waals surface area contributed by atoms with E-state index in [0.29, 0.717) is 5.69 Å². The van der Waals surface area contributed by atoms with Crippen LogP contribution in [0.15, 0.2) is 72.8 Å². The molecule has 9 heteroatoms. The lowest BCUT2D eigenvalue weighted by molar-refractivity contribution is -0.384. The van der Waals surface area contributed by atoms with Crippen molar-refractivity contribution in [1.29, 1.82) is 0 Å². The van der Waals surface area contributed by atoms with Crippen molar-refractivity contribution in [2.24, 2.45) is 0 Å². The first-order chi connectivity index (χ1) is 15.7. The number of amides is 1. The SMILES string of the molecule is CC(OC(=O)c1ccccc1C(=O)c1ccc(Cl)c([N+](=O)[O-])c1)C(=O)N(C)c1ccccc1. The van der Waals surface area contributed by atoms with Gasteiger partial charge in [-0.2, -0.15) is 0 Å². The van der Waals surface area contributed by atoms with Gasteiger partial charge in [-0.15, -0.1) is 0 Å². The molecule has 1 unspecified atom stereocenters. The third-order valence-electron chi connectivity index (χ3n) is 4.90. The molecule has 0 aromatic heterocycles. The van der Waals surface area contributed by atoms with Gasteiger partial charge in [0.25, 0.3) is 11.6 Å². The van der Waals surface area contributed by atoms with Crippen LogP contribution < -0.4 is 4.90 Å². The van der Waals surface area contributed by atoms with Gasteiger partial charge in [0.05, 0.1) is 10.5 Å². The molecule has 168 valence electrons. The zero-order valence-electron chi connectivity index (χ0n) is 17.7. The summed E-state index contributed by atoms with van der Waals surface area (Å²) in [7, 11) is 1.56. The maximum absolute atomic E-state index is 13.0. The number of halogens is 1. The number of rotatable bonds is 7. The highest BCUT2D eigenvalue weighted by Gasteiger charge is 2.26. The largest absolute Gasteiger partial charge is 0.449 e. The molecule has 0 saturated heterocycles. The summed E-state index contributed by atoms with van der Waals surface area (Å²) < 4.78 is 5.34. The van der Waals surface area contributed by atoms with Crippen LogP contribution in [0, 0.1) is 10.1 Å². The summed E-state index contributed by atoms with van der Waals surface area (Å²) in [6.07, 6.45) is -1.12. The molecule has 0 aliphatic rings. The minimum Gasteiger partial charge on any atom is -0.449 e. The van der Waals surface area contributed by atoms with Crippen LogP contribution in [0.4, 0.5) is 11.4 Å². The van der Waals surface area contributed by atoms with Crippen molar-refractivity contribution in [2.75, 3.05) is 11.9 Å². The molecule has 3 aromatic rings. The zero-order chi connectivity index (χ0) is 24.1. The third-order valence-corrected chi connectivity index (χ3v) is 5.22. The van der Waals surface area contributed by atoms with Gasteiger partial charge in [0.15, 0.2) is 11.9 Å². The molecular formula is C24H19ClN2O6. The summed E-state index contributed by atoms with van der Waals surface area (Å²) in [5, 5.41) is 11.0. The minimum atomic E-state index is -1.12. The third kappa shape index (κ3) is 5.24. The number of benzene rings is 3. The standard InChI is InChI=1S/C24H19ClN2O6/c1-15(23(29)26(2)17-8-4-3-5-9-17)33-24(30)19-11-7-6-10-18(19)22(28)16-12-13-20(25)21(14-16)27(31)32/h3-15H,1-2H3. The Morgan fingerprint density at radius 2 is 1.58 bits per heavy atom. The van der Waals surface area contributed by atoms with E-state index in [2.05, 4.69) is 0 Å². The topological polar surface area (TPSA) is 107 Å². The second-order valence-corrected chi connectivity index (χ2v) is 7.49. The molecule has 0 fully saturated rings. The number of ketones is 1. The van der Waals surface area contributed by atoms with Crippen molar-refractivity contribution in [3.05, 3.63) is 105 Å². The van der Waals surface area contributed by atoms with Gasteiger partial charge in [0.1, 0.15) is 5.02 Å². The van der Waals surface area contributed by atoms with Crippen molar-refractivity contribution in [3.63, 3.8) is 0 Å². The van der Waals surface area contributed by atoms with E-state index in [-0.39, 0.29) is 21.7 Å². The minimum absolute atomic E-state index is 0.0146. The van der Waals surface area contributed by atoms with Gasteiger partial charge in [-0.25, -0.2) is 4.79 Å². The molecule has 0 radical (unpaired) electrons. The maximum atomic E-state index is 13.0. The number of para-hydroxylation sites is 1. The number of hydrogen-bond acceptors (Lipinski definition) is 6. The quantitative estimate of drug-likeness (QED) is 0.216. The Hall–Kier alpha value is -4.04. The van der Waals surface area contributed by atoms with Crippen LogP contribution in [0.25, 0.3) is 0 Å². The van der Waals surface area contributed by atoms with E-state index in [4.69, 9.17) is 16.3 Å². The van der Waals surface area contributed by atoms with E-state index in [1.54, 1.807) is 43.4 Å². The van der Waals surface area contributed by atoms with Gasteiger partial charge in [0, 0.05) is 29.9 Å². The Labute approximate surface area is 194 Å². The monoisotopic (exact) mass is 466 g/mol. The molecular weight excluding hydrogens is 448 g/mol. The average Bonchev–Trinajstić information content (AvgIpc) is 2.83. The molecule has 0 bridgehead atoms. The maximum Gasteiger partial charge on any atom is 0.339 e. The van der Waals surface area contributed by atoms with Gasteiger partial charge in [-0.05, 0) is 37.3 Å². The van der Waals surface area contributed by atoms with Crippen LogP contribution in [0.3, 0.4) is 0 Å². The zero-order valence-corrected chi connectivity index (χ0v) is 18.5. The fourth-order valence-corrected chi connectivity index (χ4v) is 3.32. The average molecular weight is 467 g/mol. The normalized spacial score (nSPS) is 11.4. The van der Waals surface area contributed by atoms with Crippen molar-refractivity contribution in [3.8, 4) is 0 Å². The number of nitrogens with zero attached hydrogens (tertiary/aromatic N) is 2. The van der Waals surface area contributed by atoms with Gasteiger partial charge in [0.2, 0.25) is 0 Å². The summed E-state index contributed by atoms with van der Waals surface area (Å²) in [6, 6.07) is 18.4. The van der Waals surface area contributed by atoms with E-state index < -0.39 is 34.4 Å². The van der Waals surface area contributed by atoms with E-state index >= 15 is 0 Å². The molecule has 3 rings (SSSR count). The molecule has 0 spiro atoms. The number of anilines is 1. The lowest BCUT2D eigenvalue weighted by Gasteiger charge is -2.21. The second kappa shape index (κ2) is 10.1. The van der Waals surface area contributed by atoms with Gasteiger partial charge < -0.3 is 9.64 Å². The number of esters is 1. The van der Waals surface area contributed by atoms with Crippen LogP contribution in [0.2, 0.25) is 5.02 Å². The van der Waals surface area contributed by atoms with E-state index in [9.17, 15) is 24.5 Å². The Balaban J connectivity index is 1.83. The lowest BCUT2D eigenvalue weighted by atomic mass is 9.98. The van der Waals surface area contributed by atoms with Gasteiger partial charge in [-0.3, -0.25) is 19.7 Å². The first-order valence-corrected chi connectivity index (χ1v) is 10.2. The summed E-state index contributed by atoms with van der Waals surface area (Å²) in [6.45, 7) is 1.44. The fourth-order valence-electron chi connectivity index (χ4n) is 3.13. The first kappa shape index (κ1) is 23.6. The highest BCUT2D eigenvalue weighted by atomic mass is 35.5. The Morgan fingerprint density at radius 3 is 2.21 bits per heavy atom. The Morgan fingerprint density at radius 1 is 0.970 bits per heavy atom. The molecule has 0 N–H and O–H groups in total.